The topological polar surface area (TPSA) is 52.0 Å². The van der Waals surface area contributed by atoms with Crippen LogP contribution < -0.4 is 5.56 Å². The van der Waals surface area contributed by atoms with Gasteiger partial charge in [0.25, 0.3) is 5.56 Å². The van der Waals surface area contributed by atoms with Crippen molar-refractivity contribution in [2.24, 2.45) is 0 Å². The van der Waals surface area contributed by atoms with Gasteiger partial charge in [-0.15, -0.1) is 0 Å². The number of Topliss-reactive ketones (excluding diaryl/α,β-unsaturated/α-hetero) is 1. The number of ketones is 1. The van der Waals surface area contributed by atoms with Crippen molar-refractivity contribution in [1.82, 2.24) is 9.55 Å². The summed E-state index contributed by atoms with van der Waals surface area (Å²) in [4.78, 5) is 29.3. The van der Waals surface area contributed by atoms with Gasteiger partial charge < -0.3 is 0 Å². The van der Waals surface area contributed by atoms with E-state index >= 15 is 0 Å². The molecule has 3 aromatic rings. The lowest BCUT2D eigenvalue weighted by molar-refractivity contribution is -0.116. The molecule has 0 bridgehead atoms. The Labute approximate surface area is 157 Å². The highest BCUT2D eigenvalue weighted by Crippen LogP contribution is 2.27. The molecule has 2 aromatic carbocycles. The van der Waals surface area contributed by atoms with Gasteiger partial charge in [0.15, 0.2) is 5.16 Å². The van der Waals surface area contributed by atoms with Gasteiger partial charge in [0.1, 0.15) is 5.78 Å². The number of hydrogen-bond donors (Lipinski definition) is 0. The second-order valence-electron chi connectivity index (χ2n) is 6.57. The maximum absolute atomic E-state index is 13.3. The first kappa shape index (κ1) is 18.4. The van der Waals surface area contributed by atoms with Gasteiger partial charge in [-0.1, -0.05) is 55.9 Å². The molecule has 4 nitrogen and oxygen atoms in total. The minimum atomic E-state index is -0.0750. The fourth-order valence-corrected chi connectivity index (χ4v) is 3.93. The predicted molar refractivity (Wildman–Crippen MR) is 107 cm³/mol. The molecule has 0 atom stereocenters. The van der Waals surface area contributed by atoms with Gasteiger partial charge >= 0.3 is 0 Å². The number of hydrogen-bond acceptors (Lipinski definition) is 4. The number of rotatable bonds is 6. The number of nitrogens with zero attached hydrogens (tertiary/aromatic N) is 2. The maximum Gasteiger partial charge on any atom is 0.266 e. The van der Waals surface area contributed by atoms with Crippen molar-refractivity contribution in [1.29, 1.82) is 0 Å². The van der Waals surface area contributed by atoms with Crippen molar-refractivity contribution in [2.45, 2.75) is 38.3 Å². The standard InChI is InChI=1S/C21H22N2O2S/c1-14(2)16-8-5-7-11-19(16)23-20(25)17-9-4-6-10-18(17)22-21(23)26-13-12-15(3)24/h4-11,14H,12-13H2,1-3H3. The highest BCUT2D eigenvalue weighted by Gasteiger charge is 2.16. The zero-order chi connectivity index (χ0) is 18.7. The minimum Gasteiger partial charge on any atom is -0.300 e. The first-order valence-corrected chi connectivity index (χ1v) is 9.71. The second kappa shape index (κ2) is 7.87. The molecular formula is C21H22N2O2S. The van der Waals surface area contributed by atoms with Crippen molar-refractivity contribution in [3.05, 3.63) is 64.4 Å². The Hall–Kier alpha value is -2.40. The van der Waals surface area contributed by atoms with Gasteiger partial charge in [-0.2, -0.15) is 0 Å². The summed E-state index contributed by atoms with van der Waals surface area (Å²) < 4.78 is 1.70. The first-order chi connectivity index (χ1) is 12.5. The largest absolute Gasteiger partial charge is 0.300 e. The lowest BCUT2D eigenvalue weighted by Gasteiger charge is -2.18. The summed E-state index contributed by atoms with van der Waals surface area (Å²) in [5, 5.41) is 1.23. The van der Waals surface area contributed by atoms with Crippen LogP contribution in [0.1, 0.15) is 38.7 Å². The van der Waals surface area contributed by atoms with Crippen LogP contribution in [0.3, 0.4) is 0 Å². The van der Waals surface area contributed by atoms with Crippen molar-refractivity contribution < 1.29 is 4.79 Å². The van der Waals surface area contributed by atoms with E-state index in [9.17, 15) is 9.59 Å². The summed E-state index contributed by atoms with van der Waals surface area (Å²) in [5.74, 6) is 1.01. The molecule has 26 heavy (non-hydrogen) atoms. The molecule has 0 aliphatic heterocycles. The number of fused-ring (bicyclic) bond motifs is 1. The lowest BCUT2D eigenvalue weighted by Crippen LogP contribution is -2.23. The van der Waals surface area contributed by atoms with Crippen LogP contribution in [0, 0.1) is 0 Å². The van der Waals surface area contributed by atoms with Crippen LogP contribution in [-0.4, -0.2) is 21.1 Å². The molecular weight excluding hydrogens is 344 g/mol. The quantitative estimate of drug-likeness (QED) is 0.473. The lowest BCUT2D eigenvalue weighted by atomic mass is 10.0. The van der Waals surface area contributed by atoms with Gasteiger partial charge in [0.05, 0.1) is 16.6 Å². The van der Waals surface area contributed by atoms with Crippen LogP contribution in [0.4, 0.5) is 0 Å². The number of aromatic nitrogens is 2. The maximum atomic E-state index is 13.3. The predicted octanol–water partition coefficient (Wildman–Crippen LogP) is 4.58. The SMILES string of the molecule is CC(=O)CCSc1nc2ccccc2c(=O)n1-c1ccccc1C(C)C. The van der Waals surface area contributed by atoms with Crippen LogP contribution in [0.2, 0.25) is 0 Å². The normalized spacial score (nSPS) is 11.2. The fraction of sp³-hybridized carbons (Fsp3) is 0.286. The molecule has 1 heterocycles. The number of thioether (sulfide) groups is 1. The molecule has 0 radical (unpaired) electrons. The third-order valence-electron chi connectivity index (χ3n) is 4.23. The molecule has 0 saturated heterocycles. The number of carbonyl (C=O) groups excluding carboxylic acids is 1. The summed E-state index contributed by atoms with van der Waals surface area (Å²) in [5.41, 5.74) is 2.56. The smallest absolute Gasteiger partial charge is 0.266 e. The number of carbonyl (C=O) groups is 1. The molecule has 5 heteroatoms. The van der Waals surface area contributed by atoms with Crippen LogP contribution in [-0.2, 0) is 4.79 Å². The highest BCUT2D eigenvalue weighted by molar-refractivity contribution is 7.99. The summed E-state index contributed by atoms with van der Waals surface area (Å²) in [7, 11) is 0. The molecule has 0 saturated carbocycles. The van der Waals surface area contributed by atoms with Crippen LogP contribution in [0.5, 0.6) is 0 Å². The van der Waals surface area contributed by atoms with E-state index in [1.807, 2.05) is 48.5 Å². The van der Waals surface area contributed by atoms with E-state index < -0.39 is 0 Å². The molecule has 0 amide bonds. The van der Waals surface area contributed by atoms with Gasteiger partial charge in [-0.25, -0.2) is 4.98 Å². The molecule has 3 rings (SSSR count). The third-order valence-corrected chi connectivity index (χ3v) is 5.17. The van der Waals surface area contributed by atoms with E-state index in [1.165, 1.54) is 11.8 Å². The molecule has 0 aliphatic rings. The van der Waals surface area contributed by atoms with Gasteiger partial charge in [-0.05, 0) is 36.6 Å². The summed E-state index contributed by atoms with van der Waals surface area (Å²) in [6, 6.07) is 15.3. The number of benzene rings is 2. The third kappa shape index (κ3) is 3.73. The van der Waals surface area contributed by atoms with E-state index in [0.717, 1.165) is 11.3 Å². The summed E-state index contributed by atoms with van der Waals surface area (Å²) in [6.07, 6.45) is 0.458. The average Bonchev–Trinajstić information content (AvgIpc) is 2.62. The molecule has 134 valence electrons. The number of para-hydroxylation sites is 2. The van der Waals surface area contributed by atoms with Crippen molar-refractivity contribution in [3.63, 3.8) is 0 Å². The molecule has 0 unspecified atom stereocenters. The van der Waals surface area contributed by atoms with Gasteiger partial charge in [-0.3, -0.25) is 14.2 Å². The highest BCUT2D eigenvalue weighted by atomic mass is 32.2. The van der Waals surface area contributed by atoms with Crippen molar-refractivity contribution in [2.75, 3.05) is 5.75 Å². The molecule has 0 aliphatic carbocycles. The average molecular weight is 366 g/mol. The van der Waals surface area contributed by atoms with Crippen LogP contribution in [0.25, 0.3) is 16.6 Å². The van der Waals surface area contributed by atoms with Crippen molar-refractivity contribution >= 4 is 28.4 Å². The van der Waals surface area contributed by atoms with E-state index in [2.05, 4.69) is 13.8 Å². The van der Waals surface area contributed by atoms with E-state index in [0.29, 0.717) is 28.2 Å². The van der Waals surface area contributed by atoms with Gasteiger partial charge in [0.2, 0.25) is 0 Å². The summed E-state index contributed by atoms with van der Waals surface area (Å²) >= 11 is 1.45. The second-order valence-corrected chi connectivity index (χ2v) is 7.63. The summed E-state index contributed by atoms with van der Waals surface area (Å²) in [6.45, 7) is 5.80. The Morgan fingerprint density at radius 2 is 1.81 bits per heavy atom. The molecule has 1 aromatic heterocycles. The monoisotopic (exact) mass is 366 g/mol. The van der Waals surface area contributed by atoms with Crippen LogP contribution >= 0.6 is 11.8 Å². The minimum absolute atomic E-state index is 0.0750. The molecule has 0 fully saturated rings. The zero-order valence-corrected chi connectivity index (χ0v) is 16.0. The fourth-order valence-electron chi connectivity index (χ4n) is 2.89. The van der Waals surface area contributed by atoms with E-state index in [-0.39, 0.29) is 17.3 Å². The Bertz CT molecular complexity index is 1010. The Balaban J connectivity index is 2.23. The van der Waals surface area contributed by atoms with Gasteiger partial charge in [0, 0.05) is 12.2 Å². The Morgan fingerprint density at radius 1 is 1.12 bits per heavy atom. The van der Waals surface area contributed by atoms with E-state index in [4.69, 9.17) is 4.98 Å². The van der Waals surface area contributed by atoms with E-state index in [1.54, 1.807) is 11.5 Å². The zero-order valence-electron chi connectivity index (χ0n) is 15.2. The van der Waals surface area contributed by atoms with Crippen LogP contribution in [0.15, 0.2) is 58.5 Å². The first-order valence-electron chi connectivity index (χ1n) is 8.72. The Kier molecular flexibility index (Phi) is 5.57. The Morgan fingerprint density at radius 3 is 2.54 bits per heavy atom. The molecule has 0 spiro atoms. The van der Waals surface area contributed by atoms with Crippen molar-refractivity contribution in [3.8, 4) is 5.69 Å². The molecule has 0 N–H and O–H groups in total.